The molecule has 0 amide bonds. The molecule has 4 heteroatoms. The molecule has 0 spiro atoms. The molecule has 1 N–H and O–H groups in total. The molecule has 0 saturated heterocycles. The first-order valence-electron chi connectivity index (χ1n) is 12.9. The summed E-state index contributed by atoms with van der Waals surface area (Å²) in [6, 6.07) is 10.5. The van der Waals surface area contributed by atoms with Crippen LogP contribution in [0.15, 0.2) is 24.3 Å². The third-order valence-corrected chi connectivity index (χ3v) is 6.60. The zero-order valence-corrected chi connectivity index (χ0v) is 21.8. The van der Waals surface area contributed by atoms with Gasteiger partial charge in [0.05, 0.1) is 6.07 Å². The van der Waals surface area contributed by atoms with E-state index >= 15 is 0 Å². The molecule has 0 heterocycles. The van der Waals surface area contributed by atoms with Crippen LogP contribution in [0.1, 0.15) is 108 Å². The van der Waals surface area contributed by atoms with Crippen LogP contribution in [0.2, 0.25) is 19.6 Å². The highest BCUT2D eigenvalue weighted by Crippen LogP contribution is 2.23. The summed E-state index contributed by atoms with van der Waals surface area (Å²) in [5.41, 5.74) is 2.08. The van der Waals surface area contributed by atoms with E-state index in [2.05, 4.69) is 50.1 Å². The third kappa shape index (κ3) is 15.2. The Bertz CT molecular complexity index is 589. The van der Waals surface area contributed by atoms with Gasteiger partial charge in [-0.2, -0.15) is 5.26 Å². The molecular weight excluding hydrogens is 396 g/mol. The highest BCUT2D eigenvalue weighted by atomic mass is 28.4. The number of rotatable bonds is 19. The van der Waals surface area contributed by atoms with E-state index < -0.39 is 14.4 Å². The summed E-state index contributed by atoms with van der Waals surface area (Å²) in [5.74, 6) is 0. The predicted molar refractivity (Wildman–Crippen MR) is 138 cm³/mol. The van der Waals surface area contributed by atoms with Crippen molar-refractivity contribution in [3.8, 4) is 6.07 Å². The molecule has 0 aliphatic heterocycles. The van der Waals surface area contributed by atoms with Gasteiger partial charge in [0.15, 0.2) is 14.4 Å². The molecule has 0 aliphatic rings. The summed E-state index contributed by atoms with van der Waals surface area (Å²) >= 11 is 0. The van der Waals surface area contributed by atoms with E-state index in [4.69, 9.17) is 4.43 Å². The summed E-state index contributed by atoms with van der Waals surface area (Å²) in [5, 5.41) is 12.9. The molecule has 31 heavy (non-hydrogen) atoms. The van der Waals surface area contributed by atoms with Crippen molar-refractivity contribution in [2.24, 2.45) is 0 Å². The van der Waals surface area contributed by atoms with Crippen molar-refractivity contribution in [2.75, 3.05) is 11.9 Å². The number of anilines is 1. The average Bonchev–Trinajstić information content (AvgIpc) is 2.74. The van der Waals surface area contributed by atoms with Crippen LogP contribution < -0.4 is 5.32 Å². The van der Waals surface area contributed by atoms with Crippen LogP contribution in [0.4, 0.5) is 5.69 Å². The lowest BCUT2D eigenvalue weighted by Gasteiger charge is -2.22. The van der Waals surface area contributed by atoms with E-state index in [1.807, 2.05) is 12.1 Å². The van der Waals surface area contributed by atoms with Crippen molar-refractivity contribution in [2.45, 2.75) is 123 Å². The highest BCUT2D eigenvalue weighted by molar-refractivity contribution is 6.69. The molecule has 0 aliphatic carbocycles. The van der Waals surface area contributed by atoms with Crippen LogP contribution in [-0.2, 0) is 4.43 Å². The quantitative estimate of drug-likeness (QED) is 0.171. The van der Waals surface area contributed by atoms with Crippen LogP contribution in [0, 0.1) is 11.3 Å². The lowest BCUT2D eigenvalue weighted by Crippen LogP contribution is -2.27. The van der Waals surface area contributed by atoms with Gasteiger partial charge in [-0.05, 0) is 43.8 Å². The molecule has 0 aromatic heterocycles. The summed E-state index contributed by atoms with van der Waals surface area (Å²) in [6.07, 6.45) is 19.1. The van der Waals surface area contributed by atoms with Crippen molar-refractivity contribution in [3.63, 3.8) is 0 Å². The van der Waals surface area contributed by atoms with E-state index in [9.17, 15) is 5.26 Å². The van der Waals surface area contributed by atoms with E-state index in [1.165, 1.54) is 89.9 Å². The third-order valence-electron chi connectivity index (χ3n) is 5.66. The van der Waals surface area contributed by atoms with Crippen LogP contribution in [0.25, 0.3) is 0 Å². The van der Waals surface area contributed by atoms with Gasteiger partial charge >= 0.3 is 0 Å². The van der Waals surface area contributed by atoms with E-state index in [1.54, 1.807) is 0 Å². The Morgan fingerprint density at radius 3 is 1.65 bits per heavy atom. The first-order valence-corrected chi connectivity index (χ1v) is 16.3. The Kier molecular flexibility index (Phi) is 15.4. The van der Waals surface area contributed by atoms with Crippen LogP contribution in [-0.4, -0.2) is 14.9 Å². The molecule has 0 bridgehead atoms. The van der Waals surface area contributed by atoms with Crippen molar-refractivity contribution in [1.29, 1.82) is 5.26 Å². The first kappa shape index (κ1) is 27.7. The second-order valence-electron chi connectivity index (χ2n) is 9.88. The van der Waals surface area contributed by atoms with E-state index in [0.717, 1.165) is 17.8 Å². The Balaban J connectivity index is 2.00. The molecule has 1 aromatic carbocycles. The SMILES string of the molecule is CCCCCCCCCCCCCCCCNc1ccc(C(C#N)O[Si](C)(C)C)cc1. The standard InChI is InChI=1S/C27H48N2OSi/c1-5-6-7-8-9-10-11-12-13-14-15-16-17-18-23-29-26-21-19-25(20-22-26)27(24-28)30-31(2,3)4/h19-22,27,29H,5-18,23H2,1-4H3. The van der Waals surface area contributed by atoms with Gasteiger partial charge in [0, 0.05) is 12.2 Å². The molecule has 1 unspecified atom stereocenters. The molecule has 1 atom stereocenters. The van der Waals surface area contributed by atoms with E-state index in [0.29, 0.717) is 0 Å². The minimum atomic E-state index is -1.73. The molecule has 176 valence electrons. The fraction of sp³-hybridized carbons (Fsp3) is 0.741. The molecule has 1 rings (SSSR count). The Morgan fingerprint density at radius 1 is 0.774 bits per heavy atom. The number of unbranched alkanes of at least 4 members (excludes halogenated alkanes) is 13. The minimum absolute atomic E-state index is 0.452. The number of hydrogen-bond donors (Lipinski definition) is 1. The van der Waals surface area contributed by atoms with E-state index in [-0.39, 0.29) is 0 Å². The fourth-order valence-corrected chi connectivity index (χ4v) is 4.75. The second-order valence-corrected chi connectivity index (χ2v) is 14.3. The summed E-state index contributed by atoms with van der Waals surface area (Å²) < 4.78 is 5.96. The number of nitriles is 1. The molecule has 0 saturated carbocycles. The van der Waals surface area contributed by atoms with Gasteiger partial charge in [-0.3, -0.25) is 0 Å². The lowest BCUT2D eigenvalue weighted by atomic mass is 10.0. The Morgan fingerprint density at radius 2 is 1.23 bits per heavy atom. The lowest BCUT2D eigenvalue weighted by molar-refractivity contribution is 0.255. The van der Waals surface area contributed by atoms with Crippen molar-refractivity contribution < 1.29 is 4.43 Å². The van der Waals surface area contributed by atoms with Crippen LogP contribution >= 0.6 is 0 Å². The van der Waals surface area contributed by atoms with Crippen molar-refractivity contribution >= 4 is 14.0 Å². The zero-order valence-electron chi connectivity index (χ0n) is 20.8. The smallest absolute Gasteiger partial charge is 0.186 e. The number of nitrogens with zero attached hydrogens (tertiary/aromatic N) is 1. The highest BCUT2D eigenvalue weighted by Gasteiger charge is 2.22. The first-order chi connectivity index (χ1) is 15.0. The predicted octanol–water partition coefficient (Wildman–Crippen LogP) is 9.00. The van der Waals surface area contributed by atoms with Crippen LogP contribution in [0.3, 0.4) is 0 Å². The number of hydrogen-bond acceptors (Lipinski definition) is 3. The van der Waals surface area contributed by atoms with Gasteiger partial charge in [0.2, 0.25) is 0 Å². The summed E-state index contributed by atoms with van der Waals surface area (Å²) in [4.78, 5) is 0. The topological polar surface area (TPSA) is 45.0 Å². The average molecular weight is 445 g/mol. The summed E-state index contributed by atoms with van der Waals surface area (Å²) in [6.45, 7) is 9.65. The molecule has 0 fully saturated rings. The Hall–Kier alpha value is -1.31. The maximum atomic E-state index is 9.40. The molecule has 1 aromatic rings. The summed E-state index contributed by atoms with van der Waals surface area (Å²) in [7, 11) is -1.73. The normalized spacial score (nSPS) is 12.5. The van der Waals surface area contributed by atoms with Gasteiger partial charge < -0.3 is 9.74 Å². The van der Waals surface area contributed by atoms with Crippen LogP contribution in [0.5, 0.6) is 0 Å². The largest absolute Gasteiger partial charge is 0.399 e. The fourth-order valence-electron chi connectivity index (χ4n) is 3.85. The van der Waals surface area contributed by atoms with Gasteiger partial charge in [0.1, 0.15) is 0 Å². The van der Waals surface area contributed by atoms with Crippen molar-refractivity contribution in [3.05, 3.63) is 29.8 Å². The monoisotopic (exact) mass is 444 g/mol. The van der Waals surface area contributed by atoms with Gasteiger partial charge in [-0.1, -0.05) is 103 Å². The minimum Gasteiger partial charge on any atom is -0.399 e. The maximum Gasteiger partial charge on any atom is 0.186 e. The molecular formula is C27H48N2OSi. The Labute approximate surface area is 194 Å². The van der Waals surface area contributed by atoms with Gasteiger partial charge in [-0.25, -0.2) is 0 Å². The molecule has 3 nitrogen and oxygen atoms in total. The maximum absolute atomic E-state index is 9.40. The number of benzene rings is 1. The number of nitrogens with one attached hydrogen (secondary N) is 1. The van der Waals surface area contributed by atoms with Crippen molar-refractivity contribution in [1.82, 2.24) is 0 Å². The van der Waals surface area contributed by atoms with Gasteiger partial charge in [0.25, 0.3) is 0 Å². The molecule has 0 radical (unpaired) electrons. The zero-order chi connectivity index (χ0) is 22.8. The second kappa shape index (κ2) is 17.3. The van der Waals surface area contributed by atoms with Gasteiger partial charge in [-0.15, -0.1) is 0 Å².